The van der Waals surface area contributed by atoms with E-state index in [9.17, 15) is 0 Å². The van der Waals surface area contributed by atoms with Crippen molar-refractivity contribution in [1.82, 2.24) is 0 Å². The van der Waals surface area contributed by atoms with Gasteiger partial charge in [-0.15, -0.1) is 0 Å². The molecule has 94 valence electrons. The zero-order valence-corrected chi connectivity index (χ0v) is 11.8. The van der Waals surface area contributed by atoms with Crippen LogP contribution in [0.4, 0.5) is 0 Å². The highest BCUT2D eigenvalue weighted by Crippen LogP contribution is 2.25. The van der Waals surface area contributed by atoms with Gasteiger partial charge in [-0.2, -0.15) is 0 Å². The van der Waals surface area contributed by atoms with Crippen LogP contribution in [0.25, 0.3) is 11.6 Å². The van der Waals surface area contributed by atoms with Crippen molar-refractivity contribution in [3.63, 3.8) is 0 Å². The first-order valence-electron chi connectivity index (χ1n) is 6.33. The van der Waals surface area contributed by atoms with Gasteiger partial charge in [-0.3, -0.25) is 0 Å². The second-order valence-corrected chi connectivity index (χ2v) is 4.36. The highest BCUT2D eigenvalue weighted by Gasteiger charge is 2.04. The minimum atomic E-state index is 1.24. The first-order chi connectivity index (χ1) is 8.63. The van der Waals surface area contributed by atoms with Gasteiger partial charge in [0.15, 0.2) is 0 Å². The molecule has 0 saturated carbocycles. The lowest BCUT2D eigenvalue weighted by Gasteiger charge is -2.10. The van der Waals surface area contributed by atoms with E-state index < -0.39 is 0 Å². The molecule has 1 aromatic rings. The minimum Gasteiger partial charge on any atom is -0.0991 e. The monoisotopic (exact) mass is 238 g/mol. The molecular formula is C18H22. The van der Waals surface area contributed by atoms with E-state index in [1.807, 2.05) is 19.1 Å². The number of hydrogen-bond donors (Lipinski definition) is 0. The van der Waals surface area contributed by atoms with Gasteiger partial charge < -0.3 is 0 Å². The lowest BCUT2D eigenvalue weighted by atomic mass is 9.95. The molecule has 0 unspecified atom stereocenters. The summed E-state index contributed by atoms with van der Waals surface area (Å²) in [5, 5.41) is 0. The maximum Gasteiger partial charge on any atom is -0.0179 e. The predicted octanol–water partition coefficient (Wildman–Crippen LogP) is 5.56. The molecule has 0 fully saturated rings. The Hall–Kier alpha value is -1.82. The molecule has 1 aromatic carbocycles. The average molecular weight is 238 g/mol. The molecule has 0 aliphatic heterocycles. The van der Waals surface area contributed by atoms with E-state index in [2.05, 4.69) is 63.8 Å². The second kappa shape index (κ2) is 6.80. The average Bonchev–Trinajstić information content (AvgIpc) is 2.34. The fourth-order valence-corrected chi connectivity index (χ4v) is 2.06. The van der Waals surface area contributed by atoms with Crippen molar-refractivity contribution < 1.29 is 0 Å². The highest BCUT2D eigenvalue weighted by atomic mass is 14.1. The Morgan fingerprint density at radius 2 is 1.94 bits per heavy atom. The van der Waals surface area contributed by atoms with Crippen molar-refractivity contribution in [1.29, 1.82) is 0 Å². The van der Waals surface area contributed by atoms with Gasteiger partial charge in [0.25, 0.3) is 0 Å². The smallest absolute Gasteiger partial charge is 0.0179 e. The predicted molar refractivity (Wildman–Crippen MR) is 83.5 cm³/mol. The summed E-state index contributed by atoms with van der Waals surface area (Å²) >= 11 is 0. The summed E-state index contributed by atoms with van der Waals surface area (Å²) in [5.74, 6) is 0. The molecule has 0 amide bonds. The summed E-state index contributed by atoms with van der Waals surface area (Å²) in [6.07, 6.45) is 10.3. The van der Waals surface area contributed by atoms with E-state index in [1.54, 1.807) is 0 Å². The van der Waals surface area contributed by atoms with Gasteiger partial charge in [0, 0.05) is 0 Å². The van der Waals surface area contributed by atoms with Gasteiger partial charge in [-0.1, -0.05) is 49.1 Å². The van der Waals surface area contributed by atoms with Crippen LogP contribution in [0.1, 0.15) is 37.5 Å². The Balaban J connectivity index is 3.28. The van der Waals surface area contributed by atoms with Gasteiger partial charge in [0.05, 0.1) is 0 Å². The molecular weight excluding hydrogens is 216 g/mol. The first kappa shape index (κ1) is 14.2. The quantitative estimate of drug-likeness (QED) is 0.602. The van der Waals surface area contributed by atoms with Gasteiger partial charge >= 0.3 is 0 Å². The third-order valence-electron chi connectivity index (χ3n) is 3.02. The standard InChI is InChI=1S/C18H22/c1-6-9-15(5)18(8-3)17-12-11-14(4)16(13-17)10-7-2/h6-13H,1H2,2-5H3. The third kappa shape index (κ3) is 3.33. The van der Waals surface area contributed by atoms with E-state index in [-0.39, 0.29) is 0 Å². The van der Waals surface area contributed by atoms with Crippen molar-refractivity contribution in [3.05, 3.63) is 71.3 Å². The molecule has 0 heterocycles. The van der Waals surface area contributed by atoms with Crippen LogP contribution in [0.3, 0.4) is 0 Å². The number of benzene rings is 1. The van der Waals surface area contributed by atoms with Crippen molar-refractivity contribution in [2.24, 2.45) is 0 Å². The van der Waals surface area contributed by atoms with Crippen LogP contribution >= 0.6 is 0 Å². The SMILES string of the molecule is C=CC=C(C)C(=CC)c1ccc(C)c(C=CC)c1. The summed E-state index contributed by atoms with van der Waals surface area (Å²) in [4.78, 5) is 0. The Morgan fingerprint density at radius 3 is 2.50 bits per heavy atom. The van der Waals surface area contributed by atoms with Crippen LogP contribution < -0.4 is 0 Å². The van der Waals surface area contributed by atoms with Crippen LogP contribution in [-0.4, -0.2) is 0 Å². The van der Waals surface area contributed by atoms with Crippen molar-refractivity contribution in [2.45, 2.75) is 27.7 Å². The van der Waals surface area contributed by atoms with E-state index in [1.165, 1.54) is 27.8 Å². The molecule has 0 aliphatic rings. The molecule has 0 N–H and O–H groups in total. The van der Waals surface area contributed by atoms with E-state index in [0.29, 0.717) is 0 Å². The van der Waals surface area contributed by atoms with E-state index in [0.717, 1.165) is 0 Å². The fraction of sp³-hybridized carbons (Fsp3) is 0.222. The number of rotatable bonds is 4. The third-order valence-corrected chi connectivity index (χ3v) is 3.02. The second-order valence-electron chi connectivity index (χ2n) is 4.36. The lowest BCUT2D eigenvalue weighted by molar-refractivity contribution is 1.40. The zero-order chi connectivity index (χ0) is 13.5. The van der Waals surface area contributed by atoms with Gasteiger partial charge in [-0.05, 0) is 61.6 Å². The molecule has 0 bridgehead atoms. The van der Waals surface area contributed by atoms with Gasteiger partial charge in [-0.25, -0.2) is 0 Å². The molecule has 0 spiro atoms. The fourth-order valence-electron chi connectivity index (χ4n) is 2.06. The van der Waals surface area contributed by atoms with Crippen LogP contribution in [0.5, 0.6) is 0 Å². The Morgan fingerprint density at radius 1 is 1.22 bits per heavy atom. The van der Waals surface area contributed by atoms with E-state index >= 15 is 0 Å². The van der Waals surface area contributed by atoms with Gasteiger partial charge in [0.1, 0.15) is 0 Å². The summed E-state index contributed by atoms with van der Waals surface area (Å²) in [6.45, 7) is 12.1. The maximum absolute atomic E-state index is 3.76. The molecule has 1 rings (SSSR count). The molecule has 0 atom stereocenters. The normalized spacial score (nSPS) is 13.1. The highest BCUT2D eigenvalue weighted by molar-refractivity contribution is 5.80. The topological polar surface area (TPSA) is 0 Å². The first-order valence-corrected chi connectivity index (χ1v) is 6.33. The molecule has 0 saturated heterocycles. The molecule has 0 aromatic heterocycles. The summed E-state index contributed by atoms with van der Waals surface area (Å²) in [6, 6.07) is 6.60. The zero-order valence-electron chi connectivity index (χ0n) is 11.8. The summed E-state index contributed by atoms with van der Waals surface area (Å²) in [5.41, 5.74) is 6.34. The number of allylic oxidation sites excluding steroid dienone is 6. The van der Waals surface area contributed by atoms with Crippen molar-refractivity contribution in [3.8, 4) is 0 Å². The summed E-state index contributed by atoms with van der Waals surface area (Å²) < 4.78 is 0. The molecule has 0 nitrogen and oxygen atoms in total. The molecule has 0 heteroatoms. The summed E-state index contributed by atoms with van der Waals surface area (Å²) in [7, 11) is 0. The van der Waals surface area contributed by atoms with Crippen LogP contribution in [0, 0.1) is 6.92 Å². The molecule has 0 radical (unpaired) electrons. The number of hydrogen-bond acceptors (Lipinski definition) is 0. The Bertz CT molecular complexity index is 511. The maximum atomic E-state index is 3.76. The van der Waals surface area contributed by atoms with Crippen molar-refractivity contribution >= 4 is 11.6 Å². The van der Waals surface area contributed by atoms with Gasteiger partial charge in [0.2, 0.25) is 0 Å². The molecule has 0 aliphatic carbocycles. The lowest BCUT2D eigenvalue weighted by Crippen LogP contribution is -1.89. The Labute approximate surface area is 111 Å². The van der Waals surface area contributed by atoms with Crippen LogP contribution in [0.2, 0.25) is 0 Å². The Kier molecular flexibility index (Phi) is 5.38. The van der Waals surface area contributed by atoms with Crippen molar-refractivity contribution in [2.75, 3.05) is 0 Å². The largest absolute Gasteiger partial charge is 0.0991 e. The van der Waals surface area contributed by atoms with Crippen LogP contribution in [0.15, 0.2) is 54.7 Å². The minimum absolute atomic E-state index is 1.24. The number of aryl methyl sites for hydroxylation is 1. The van der Waals surface area contributed by atoms with Crippen LogP contribution in [-0.2, 0) is 0 Å². The molecule has 18 heavy (non-hydrogen) atoms. The van der Waals surface area contributed by atoms with E-state index in [4.69, 9.17) is 0 Å².